The van der Waals surface area contributed by atoms with Crippen molar-refractivity contribution in [3.8, 4) is 22.0 Å². The van der Waals surface area contributed by atoms with Crippen molar-refractivity contribution >= 4 is 28.8 Å². The standard InChI is InChI=1S/C11H7ClN4OS/c12-7-3-1-6(2-4-7)8-5-18-11(14-8)9-10(13)16-17-15-9/h1-5H,(H2,13,16). The van der Waals surface area contributed by atoms with Gasteiger partial charge in [0.25, 0.3) is 0 Å². The van der Waals surface area contributed by atoms with E-state index in [9.17, 15) is 0 Å². The van der Waals surface area contributed by atoms with Crippen LogP contribution in [0.1, 0.15) is 0 Å². The molecular formula is C11H7ClN4OS. The van der Waals surface area contributed by atoms with E-state index in [2.05, 4.69) is 19.9 Å². The van der Waals surface area contributed by atoms with E-state index < -0.39 is 0 Å². The van der Waals surface area contributed by atoms with E-state index in [-0.39, 0.29) is 5.82 Å². The van der Waals surface area contributed by atoms with E-state index in [1.54, 1.807) is 0 Å². The van der Waals surface area contributed by atoms with E-state index in [4.69, 9.17) is 17.3 Å². The van der Waals surface area contributed by atoms with Crippen molar-refractivity contribution in [1.29, 1.82) is 0 Å². The van der Waals surface area contributed by atoms with Crippen molar-refractivity contribution < 1.29 is 4.63 Å². The summed E-state index contributed by atoms with van der Waals surface area (Å²) in [6, 6.07) is 7.46. The first-order valence-corrected chi connectivity index (χ1v) is 6.29. The Morgan fingerprint density at radius 2 is 1.94 bits per heavy atom. The monoisotopic (exact) mass is 278 g/mol. The summed E-state index contributed by atoms with van der Waals surface area (Å²) in [5, 5.41) is 10.5. The second-order valence-electron chi connectivity index (χ2n) is 3.54. The molecule has 2 aromatic heterocycles. The van der Waals surface area contributed by atoms with Gasteiger partial charge in [-0.25, -0.2) is 9.61 Å². The van der Waals surface area contributed by atoms with Crippen LogP contribution in [-0.2, 0) is 0 Å². The van der Waals surface area contributed by atoms with Gasteiger partial charge in [-0.15, -0.1) is 11.3 Å². The van der Waals surface area contributed by atoms with Crippen LogP contribution in [0.5, 0.6) is 0 Å². The van der Waals surface area contributed by atoms with Gasteiger partial charge >= 0.3 is 0 Å². The van der Waals surface area contributed by atoms with Gasteiger partial charge in [0.15, 0.2) is 11.5 Å². The Kier molecular flexibility index (Phi) is 2.73. The minimum atomic E-state index is 0.243. The van der Waals surface area contributed by atoms with Gasteiger partial charge in [0.1, 0.15) is 5.01 Å². The number of nitrogens with zero attached hydrogens (tertiary/aromatic N) is 3. The summed E-state index contributed by atoms with van der Waals surface area (Å²) in [6.45, 7) is 0. The Morgan fingerprint density at radius 1 is 1.17 bits per heavy atom. The molecule has 1 aromatic carbocycles. The van der Waals surface area contributed by atoms with Crippen molar-refractivity contribution in [1.82, 2.24) is 15.3 Å². The van der Waals surface area contributed by atoms with Crippen LogP contribution in [0.3, 0.4) is 0 Å². The number of nitrogen functional groups attached to an aromatic ring is 1. The maximum Gasteiger partial charge on any atom is 0.198 e. The highest BCUT2D eigenvalue weighted by atomic mass is 35.5. The van der Waals surface area contributed by atoms with E-state index in [0.717, 1.165) is 11.3 Å². The van der Waals surface area contributed by atoms with E-state index in [0.29, 0.717) is 15.7 Å². The number of halogens is 1. The Labute approximate surface area is 111 Å². The third kappa shape index (κ3) is 1.96. The number of benzene rings is 1. The molecule has 0 aliphatic carbocycles. The van der Waals surface area contributed by atoms with E-state index in [1.165, 1.54) is 11.3 Å². The van der Waals surface area contributed by atoms with Crippen LogP contribution in [0, 0.1) is 0 Å². The molecule has 0 unspecified atom stereocenters. The highest BCUT2D eigenvalue weighted by Gasteiger charge is 2.14. The fourth-order valence-electron chi connectivity index (χ4n) is 1.48. The summed E-state index contributed by atoms with van der Waals surface area (Å²) in [4.78, 5) is 4.45. The molecule has 0 aliphatic rings. The van der Waals surface area contributed by atoms with Crippen LogP contribution in [0.25, 0.3) is 22.0 Å². The molecule has 0 amide bonds. The fraction of sp³-hybridized carbons (Fsp3) is 0. The lowest BCUT2D eigenvalue weighted by Crippen LogP contribution is -1.88. The molecule has 7 heteroatoms. The summed E-state index contributed by atoms with van der Waals surface area (Å²) >= 11 is 7.28. The van der Waals surface area contributed by atoms with Crippen LogP contribution in [0.2, 0.25) is 5.02 Å². The Balaban J connectivity index is 1.99. The average Bonchev–Trinajstić information content (AvgIpc) is 2.98. The highest BCUT2D eigenvalue weighted by molar-refractivity contribution is 7.13. The minimum Gasteiger partial charge on any atom is -0.379 e. The SMILES string of the molecule is Nc1nonc1-c1nc(-c2ccc(Cl)cc2)cs1. The third-order valence-corrected chi connectivity index (χ3v) is 3.46. The van der Waals surface area contributed by atoms with Gasteiger partial charge in [-0.3, -0.25) is 0 Å². The molecule has 0 radical (unpaired) electrons. The number of hydrogen-bond donors (Lipinski definition) is 1. The van der Waals surface area contributed by atoms with Gasteiger partial charge in [0.05, 0.1) is 5.69 Å². The van der Waals surface area contributed by atoms with Crippen LogP contribution in [-0.4, -0.2) is 15.3 Å². The molecule has 0 saturated heterocycles. The van der Waals surface area contributed by atoms with Gasteiger partial charge in [-0.2, -0.15) is 0 Å². The first-order chi connectivity index (χ1) is 8.74. The van der Waals surface area contributed by atoms with Gasteiger partial charge in [0, 0.05) is 16.0 Å². The molecule has 2 N–H and O–H groups in total. The summed E-state index contributed by atoms with van der Waals surface area (Å²) in [6.07, 6.45) is 0. The molecule has 0 saturated carbocycles. The number of anilines is 1. The molecule has 0 bridgehead atoms. The zero-order chi connectivity index (χ0) is 12.5. The van der Waals surface area contributed by atoms with E-state index in [1.807, 2.05) is 29.6 Å². The lowest BCUT2D eigenvalue weighted by molar-refractivity contribution is 0.310. The number of nitrogens with two attached hydrogens (primary N) is 1. The zero-order valence-electron chi connectivity index (χ0n) is 9.00. The molecule has 0 spiro atoms. The second-order valence-corrected chi connectivity index (χ2v) is 4.84. The Morgan fingerprint density at radius 3 is 2.61 bits per heavy atom. The minimum absolute atomic E-state index is 0.243. The molecule has 2 heterocycles. The van der Waals surface area contributed by atoms with E-state index >= 15 is 0 Å². The first-order valence-electron chi connectivity index (χ1n) is 5.04. The third-order valence-electron chi connectivity index (χ3n) is 2.36. The van der Waals surface area contributed by atoms with Crippen molar-refractivity contribution in [3.63, 3.8) is 0 Å². The molecule has 0 aliphatic heterocycles. The van der Waals surface area contributed by atoms with Crippen molar-refractivity contribution in [2.75, 3.05) is 5.73 Å². The zero-order valence-corrected chi connectivity index (χ0v) is 10.6. The first kappa shape index (κ1) is 11.2. The quantitative estimate of drug-likeness (QED) is 0.779. The Bertz CT molecular complexity index is 676. The topological polar surface area (TPSA) is 77.8 Å². The lowest BCUT2D eigenvalue weighted by atomic mass is 10.2. The molecular weight excluding hydrogens is 272 g/mol. The number of thiazole rings is 1. The van der Waals surface area contributed by atoms with Crippen molar-refractivity contribution in [2.24, 2.45) is 0 Å². The predicted octanol–water partition coefficient (Wildman–Crippen LogP) is 3.10. The number of rotatable bonds is 2. The highest BCUT2D eigenvalue weighted by Crippen LogP contribution is 2.30. The van der Waals surface area contributed by atoms with Crippen LogP contribution in [0.4, 0.5) is 5.82 Å². The van der Waals surface area contributed by atoms with Crippen molar-refractivity contribution in [3.05, 3.63) is 34.7 Å². The van der Waals surface area contributed by atoms with Gasteiger partial charge in [0.2, 0.25) is 0 Å². The largest absolute Gasteiger partial charge is 0.379 e. The smallest absolute Gasteiger partial charge is 0.198 e. The molecule has 3 rings (SSSR count). The molecule has 18 heavy (non-hydrogen) atoms. The van der Waals surface area contributed by atoms with Gasteiger partial charge < -0.3 is 5.73 Å². The molecule has 3 aromatic rings. The summed E-state index contributed by atoms with van der Waals surface area (Å²) in [5.41, 5.74) is 7.92. The molecule has 5 nitrogen and oxygen atoms in total. The average molecular weight is 279 g/mol. The normalized spacial score (nSPS) is 10.7. The molecule has 90 valence electrons. The number of hydrogen-bond acceptors (Lipinski definition) is 6. The summed E-state index contributed by atoms with van der Waals surface area (Å²) in [5.74, 6) is 0.243. The molecule has 0 atom stereocenters. The Hall–Kier alpha value is -1.92. The van der Waals surface area contributed by atoms with Gasteiger partial charge in [-0.1, -0.05) is 23.7 Å². The maximum atomic E-state index is 5.84. The second kappa shape index (κ2) is 4.40. The maximum absolute atomic E-state index is 5.84. The molecule has 0 fully saturated rings. The fourth-order valence-corrected chi connectivity index (χ4v) is 2.42. The summed E-state index contributed by atoms with van der Waals surface area (Å²) in [7, 11) is 0. The van der Waals surface area contributed by atoms with Crippen LogP contribution >= 0.6 is 22.9 Å². The number of aromatic nitrogens is 3. The lowest BCUT2D eigenvalue weighted by Gasteiger charge is -1.95. The predicted molar refractivity (Wildman–Crippen MR) is 70.3 cm³/mol. The summed E-state index contributed by atoms with van der Waals surface area (Å²) < 4.78 is 4.55. The van der Waals surface area contributed by atoms with Crippen LogP contribution in [0.15, 0.2) is 34.3 Å². The van der Waals surface area contributed by atoms with Gasteiger partial charge in [-0.05, 0) is 22.4 Å². The van der Waals surface area contributed by atoms with Crippen molar-refractivity contribution in [2.45, 2.75) is 0 Å². The van der Waals surface area contributed by atoms with Crippen LogP contribution < -0.4 is 5.73 Å².